The van der Waals surface area contributed by atoms with Crippen molar-refractivity contribution in [2.24, 2.45) is 0 Å². The summed E-state index contributed by atoms with van der Waals surface area (Å²) in [6, 6.07) is 8.49. The van der Waals surface area contributed by atoms with Crippen LogP contribution in [0.2, 0.25) is 0 Å². The summed E-state index contributed by atoms with van der Waals surface area (Å²) in [6.45, 7) is -0.400. The Kier molecular flexibility index (Phi) is 3.81. The first kappa shape index (κ1) is 13.8. The van der Waals surface area contributed by atoms with Crippen LogP contribution in [0.5, 0.6) is 0 Å². The van der Waals surface area contributed by atoms with Gasteiger partial charge >= 0.3 is 5.97 Å². The van der Waals surface area contributed by atoms with E-state index in [2.05, 4.69) is 10.3 Å². The summed E-state index contributed by atoms with van der Waals surface area (Å²) < 4.78 is 0. The number of carbonyl (C=O) groups is 2. The Bertz CT molecular complexity index is 672. The van der Waals surface area contributed by atoms with Gasteiger partial charge in [0, 0.05) is 11.1 Å². The van der Waals surface area contributed by atoms with Crippen molar-refractivity contribution in [3.63, 3.8) is 0 Å². The van der Waals surface area contributed by atoms with Gasteiger partial charge in [0.1, 0.15) is 5.69 Å². The number of carboxylic acids is 1. The van der Waals surface area contributed by atoms with Gasteiger partial charge in [0.05, 0.1) is 12.1 Å². The maximum Gasteiger partial charge on any atom is 0.334 e. The van der Waals surface area contributed by atoms with Crippen LogP contribution in [0.4, 0.5) is 5.69 Å². The number of nitrogen functional groups attached to an aromatic ring is 1. The van der Waals surface area contributed by atoms with Crippen molar-refractivity contribution >= 4 is 28.5 Å². The molecule has 104 valence electrons. The van der Waals surface area contributed by atoms with Crippen LogP contribution in [0.1, 0.15) is 10.5 Å². The van der Waals surface area contributed by atoms with Gasteiger partial charge in [0.15, 0.2) is 6.10 Å². The zero-order chi connectivity index (χ0) is 14.7. The van der Waals surface area contributed by atoms with E-state index in [1.54, 1.807) is 18.2 Å². The standard InChI is InChI=1S/C13H13N3O4/c14-8-5-10(12(18)15-6-11(17)13(19)20)16-9-4-2-1-3-7(8)9/h1-5,11,17H,6H2,(H2,14,16)(H,15,18)(H,19,20). The molecular formula is C13H13N3O4. The van der Waals surface area contributed by atoms with Crippen LogP contribution in [-0.4, -0.2) is 39.7 Å². The van der Waals surface area contributed by atoms with E-state index in [0.717, 1.165) is 5.39 Å². The van der Waals surface area contributed by atoms with Crippen molar-refractivity contribution in [2.75, 3.05) is 12.3 Å². The first-order valence-corrected chi connectivity index (χ1v) is 5.83. The van der Waals surface area contributed by atoms with Gasteiger partial charge in [-0.15, -0.1) is 0 Å². The van der Waals surface area contributed by atoms with Crippen LogP contribution in [0, 0.1) is 0 Å². The third-order valence-corrected chi connectivity index (χ3v) is 2.72. The molecule has 2 aromatic rings. The number of nitrogens with zero attached hydrogens (tertiary/aromatic N) is 1. The van der Waals surface area contributed by atoms with E-state index in [9.17, 15) is 9.59 Å². The minimum absolute atomic E-state index is 0.0683. The van der Waals surface area contributed by atoms with E-state index < -0.39 is 24.5 Å². The summed E-state index contributed by atoms with van der Waals surface area (Å²) in [5, 5.41) is 20.6. The van der Waals surface area contributed by atoms with Gasteiger partial charge < -0.3 is 21.3 Å². The number of pyridine rings is 1. The zero-order valence-electron chi connectivity index (χ0n) is 10.4. The predicted octanol–water partition coefficient (Wildman–Crippen LogP) is -0.00770. The van der Waals surface area contributed by atoms with E-state index in [1.165, 1.54) is 6.07 Å². The number of para-hydroxylation sites is 1. The number of nitrogens with two attached hydrogens (primary N) is 1. The molecule has 0 fully saturated rings. The molecule has 1 heterocycles. The SMILES string of the molecule is Nc1cc(C(=O)NCC(O)C(=O)O)nc2ccccc12. The molecule has 0 aliphatic carbocycles. The number of carboxylic acid groups (broad SMARTS) is 1. The lowest BCUT2D eigenvalue weighted by atomic mass is 10.1. The number of fused-ring (bicyclic) bond motifs is 1. The number of aliphatic hydroxyl groups excluding tert-OH is 1. The van der Waals surface area contributed by atoms with Gasteiger partial charge in [-0.05, 0) is 12.1 Å². The van der Waals surface area contributed by atoms with Gasteiger partial charge in [0.25, 0.3) is 5.91 Å². The Morgan fingerprint density at radius 1 is 1.35 bits per heavy atom. The Morgan fingerprint density at radius 2 is 2.05 bits per heavy atom. The second kappa shape index (κ2) is 5.54. The number of hydrogen-bond acceptors (Lipinski definition) is 5. The van der Waals surface area contributed by atoms with Crippen LogP contribution in [0.25, 0.3) is 10.9 Å². The highest BCUT2D eigenvalue weighted by molar-refractivity contribution is 5.99. The normalized spacial score (nSPS) is 12.1. The van der Waals surface area contributed by atoms with Crippen molar-refractivity contribution in [1.82, 2.24) is 10.3 Å². The number of nitrogens with one attached hydrogen (secondary N) is 1. The van der Waals surface area contributed by atoms with E-state index in [4.69, 9.17) is 15.9 Å². The molecule has 0 aliphatic heterocycles. The average molecular weight is 275 g/mol. The summed E-state index contributed by atoms with van der Waals surface area (Å²) in [5.41, 5.74) is 6.87. The topological polar surface area (TPSA) is 126 Å². The molecule has 2 rings (SSSR count). The van der Waals surface area contributed by atoms with Crippen LogP contribution in [0.3, 0.4) is 0 Å². The minimum atomic E-state index is -1.66. The summed E-state index contributed by atoms with van der Waals surface area (Å²) in [5.74, 6) is -2.00. The number of aromatic nitrogens is 1. The molecule has 5 N–H and O–H groups in total. The molecular weight excluding hydrogens is 262 g/mol. The zero-order valence-corrected chi connectivity index (χ0v) is 10.4. The predicted molar refractivity (Wildman–Crippen MR) is 72.1 cm³/mol. The summed E-state index contributed by atoms with van der Waals surface area (Å²) in [7, 11) is 0. The fraction of sp³-hybridized carbons (Fsp3) is 0.154. The molecule has 0 bridgehead atoms. The average Bonchev–Trinajstić information content (AvgIpc) is 2.44. The highest BCUT2D eigenvalue weighted by atomic mass is 16.4. The van der Waals surface area contributed by atoms with Crippen molar-refractivity contribution in [1.29, 1.82) is 0 Å². The smallest absolute Gasteiger partial charge is 0.334 e. The number of anilines is 1. The number of rotatable bonds is 4. The van der Waals surface area contributed by atoms with E-state index >= 15 is 0 Å². The third-order valence-electron chi connectivity index (χ3n) is 2.72. The van der Waals surface area contributed by atoms with Crippen LogP contribution >= 0.6 is 0 Å². The molecule has 0 radical (unpaired) electrons. The lowest BCUT2D eigenvalue weighted by Crippen LogP contribution is -2.36. The molecule has 7 nitrogen and oxygen atoms in total. The van der Waals surface area contributed by atoms with E-state index in [0.29, 0.717) is 11.2 Å². The van der Waals surface area contributed by atoms with Crippen molar-refractivity contribution < 1.29 is 19.8 Å². The number of benzene rings is 1. The second-order valence-corrected chi connectivity index (χ2v) is 4.18. The molecule has 1 amide bonds. The summed E-state index contributed by atoms with van der Waals surface area (Å²) in [6.07, 6.45) is -1.66. The van der Waals surface area contributed by atoms with Crippen LogP contribution in [0.15, 0.2) is 30.3 Å². The van der Waals surface area contributed by atoms with Crippen LogP contribution in [-0.2, 0) is 4.79 Å². The largest absolute Gasteiger partial charge is 0.479 e. The Labute approximate surface area is 114 Å². The lowest BCUT2D eigenvalue weighted by molar-refractivity contribution is -0.146. The van der Waals surface area contributed by atoms with Gasteiger partial charge in [-0.1, -0.05) is 18.2 Å². The molecule has 0 spiro atoms. The molecule has 1 atom stereocenters. The van der Waals surface area contributed by atoms with Crippen molar-refractivity contribution in [2.45, 2.75) is 6.10 Å². The lowest BCUT2D eigenvalue weighted by Gasteiger charge is -2.09. The monoisotopic (exact) mass is 275 g/mol. The quantitative estimate of drug-likeness (QED) is 0.622. The van der Waals surface area contributed by atoms with Crippen molar-refractivity contribution in [3.8, 4) is 0 Å². The molecule has 0 saturated heterocycles. The van der Waals surface area contributed by atoms with Crippen molar-refractivity contribution in [3.05, 3.63) is 36.0 Å². The fourth-order valence-corrected chi connectivity index (χ4v) is 1.69. The number of amides is 1. The van der Waals surface area contributed by atoms with Crippen LogP contribution < -0.4 is 11.1 Å². The second-order valence-electron chi connectivity index (χ2n) is 4.18. The summed E-state index contributed by atoms with van der Waals surface area (Å²) in [4.78, 5) is 26.4. The molecule has 1 aromatic heterocycles. The first-order chi connectivity index (χ1) is 9.49. The van der Waals surface area contributed by atoms with E-state index in [1.807, 2.05) is 6.07 Å². The van der Waals surface area contributed by atoms with Gasteiger partial charge in [-0.2, -0.15) is 0 Å². The number of carbonyl (C=O) groups excluding carboxylic acids is 1. The minimum Gasteiger partial charge on any atom is -0.479 e. The number of aliphatic hydroxyl groups is 1. The molecule has 20 heavy (non-hydrogen) atoms. The first-order valence-electron chi connectivity index (χ1n) is 5.83. The molecule has 0 aliphatic rings. The molecule has 7 heteroatoms. The van der Waals surface area contributed by atoms with Gasteiger partial charge in [-0.3, -0.25) is 4.79 Å². The maximum atomic E-state index is 11.8. The molecule has 1 unspecified atom stereocenters. The van der Waals surface area contributed by atoms with Gasteiger partial charge in [-0.25, -0.2) is 9.78 Å². The van der Waals surface area contributed by atoms with E-state index in [-0.39, 0.29) is 5.69 Å². The highest BCUT2D eigenvalue weighted by Crippen LogP contribution is 2.19. The molecule has 1 aromatic carbocycles. The fourth-order valence-electron chi connectivity index (χ4n) is 1.69. The Balaban J connectivity index is 2.20. The number of aliphatic carboxylic acids is 1. The molecule has 0 saturated carbocycles. The third kappa shape index (κ3) is 2.83. The summed E-state index contributed by atoms with van der Waals surface area (Å²) >= 11 is 0. The Hall–Kier alpha value is -2.67. The maximum absolute atomic E-state index is 11.8. The Morgan fingerprint density at radius 3 is 2.75 bits per heavy atom. The number of hydrogen-bond donors (Lipinski definition) is 4. The van der Waals surface area contributed by atoms with Gasteiger partial charge in [0.2, 0.25) is 0 Å². The highest BCUT2D eigenvalue weighted by Gasteiger charge is 2.16.